The first-order chi connectivity index (χ1) is 6.45. The predicted octanol–water partition coefficient (Wildman–Crippen LogP) is 3.34. The molecule has 1 unspecified atom stereocenters. The average molecular weight is 198 g/mol. The largest absolute Gasteiger partial charge is 0.481 e. The predicted molar refractivity (Wildman–Crippen MR) is 59.2 cm³/mol. The van der Waals surface area contributed by atoms with Crippen molar-refractivity contribution in [1.82, 2.24) is 0 Å². The lowest BCUT2D eigenvalue weighted by Gasteiger charge is -2.13. The van der Waals surface area contributed by atoms with Crippen LogP contribution in [0.15, 0.2) is 12.2 Å². The average Bonchev–Trinajstić information content (AvgIpc) is 2.01. The number of carboxylic acid groups (broad SMARTS) is 1. The lowest BCUT2D eigenvalue weighted by molar-refractivity contribution is -0.143. The summed E-state index contributed by atoms with van der Waals surface area (Å²) in [6, 6.07) is 0. The van der Waals surface area contributed by atoms with E-state index in [1.54, 1.807) is 0 Å². The summed E-state index contributed by atoms with van der Waals surface area (Å²) in [5.74, 6) is -0.0719. The summed E-state index contributed by atoms with van der Waals surface area (Å²) in [5.41, 5.74) is 0. The molecule has 0 aliphatic rings. The molecule has 0 spiro atoms. The van der Waals surface area contributed by atoms with Crippen molar-refractivity contribution < 1.29 is 9.90 Å². The van der Waals surface area contributed by atoms with Gasteiger partial charge in [-0.15, -0.1) is 0 Å². The molecule has 14 heavy (non-hydrogen) atoms. The van der Waals surface area contributed by atoms with E-state index < -0.39 is 5.97 Å². The molecule has 1 N–H and O–H groups in total. The molecule has 0 aliphatic carbocycles. The maximum absolute atomic E-state index is 10.8. The Morgan fingerprint density at radius 3 is 2.00 bits per heavy atom. The maximum atomic E-state index is 10.8. The van der Waals surface area contributed by atoms with Gasteiger partial charge in [0, 0.05) is 0 Å². The molecule has 0 rings (SSSR count). The highest BCUT2D eigenvalue weighted by Gasteiger charge is 2.19. The van der Waals surface area contributed by atoms with E-state index in [9.17, 15) is 4.79 Å². The van der Waals surface area contributed by atoms with Crippen LogP contribution in [0.5, 0.6) is 0 Å². The molecule has 0 fully saturated rings. The maximum Gasteiger partial charge on any atom is 0.307 e. The van der Waals surface area contributed by atoms with Gasteiger partial charge in [-0.25, -0.2) is 0 Å². The Morgan fingerprint density at radius 1 is 1.14 bits per heavy atom. The van der Waals surface area contributed by atoms with Crippen LogP contribution >= 0.6 is 0 Å². The highest BCUT2D eigenvalue weighted by atomic mass is 16.4. The molecule has 0 amide bonds. The zero-order valence-corrected chi connectivity index (χ0v) is 9.66. The fraction of sp³-hybridized carbons (Fsp3) is 0.750. The van der Waals surface area contributed by atoms with Crippen LogP contribution in [0.4, 0.5) is 0 Å². The molecule has 1 atom stereocenters. The van der Waals surface area contributed by atoms with Gasteiger partial charge in [0.1, 0.15) is 0 Å². The third-order valence-electron chi connectivity index (χ3n) is 2.29. The molecule has 0 bridgehead atoms. The second kappa shape index (κ2) is 6.63. The summed E-state index contributed by atoms with van der Waals surface area (Å²) in [7, 11) is 0. The van der Waals surface area contributed by atoms with Crippen molar-refractivity contribution in [2.45, 2.75) is 40.5 Å². The number of allylic oxidation sites excluding steroid dienone is 2. The first kappa shape index (κ1) is 13.2. The standard InChI is InChI=1S/C12H22O2/c1-9(2)7-5-6-8-11(10(3)4)12(13)14/h5-6,9-11H,7-8H2,1-4H3,(H,13,14)/b6-5+. The molecule has 0 aliphatic heterocycles. The lowest BCUT2D eigenvalue weighted by Crippen LogP contribution is -2.18. The number of carboxylic acids is 1. The van der Waals surface area contributed by atoms with Crippen molar-refractivity contribution in [3.8, 4) is 0 Å². The van der Waals surface area contributed by atoms with Crippen molar-refractivity contribution >= 4 is 5.97 Å². The van der Waals surface area contributed by atoms with Crippen LogP contribution in [0.3, 0.4) is 0 Å². The van der Waals surface area contributed by atoms with E-state index in [1.165, 1.54) is 0 Å². The van der Waals surface area contributed by atoms with Gasteiger partial charge in [-0.05, 0) is 24.7 Å². The van der Waals surface area contributed by atoms with Gasteiger partial charge in [-0.2, -0.15) is 0 Å². The van der Waals surface area contributed by atoms with Gasteiger partial charge in [-0.3, -0.25) is 4.79 Å². The van der Waals surface area contributed by atoms with Crippen LogP contribution in [0.25, 0.3) is 0 Å². The molecule has 0 radical (unpaired) electrons. The van der Waals surface area contributed by atoms with Crippen molar-refractivity contribution in [1.29, 1.82) is 0 Å². The van der Waals surface area contributed by atoms with Gasteiger partial charge in [0.25, 0.3) is 0 Å². The number of hydrogen-bond acceptors (Lipinski definition) is 1. The van der Waals surface area contributed by atoms with E-state index in [4.69, 9.17) is 5.11 Å². The van der Waals surface area contributed by atoms with Crippen molar-refractivity contribution in [3.05, 3.63) is 12.2 Å². The fourth-order valence-corrected chi connectivity index (χ4v) is 1.27. The lowest BCUT2D eigenvalue weighted by atomic mass is 9.92. The second-order valence-corrected chi connectivity index (χ2v) is 4.53. The van der Waals surface area contributed by atoms with Gasteiger partial charge in [0.05, 0.1) is 5.92 Å². The number of hydrogen-bond donors (Lipinski definition) is 1. The summed E-state index contributed by atoms with van der Waals surface area (Å²) in [5, 5.41) is 8.92. The zero-order valence-electron chi connectivity index (χ0n) is 9.66. The Labute approximate surface area is 87.0 Å². The van der Waals surface area contributed by atoms with Gasteiger partial charge in [0.15, 0.2) is 0 Å². The topological polar surface area (TPSA) is 37.3 Å². The van der Waals surface area contributed by atoms with Gasteiger partial charge < -0.3 is 5.11 Å². The molecule has 0 heterocycles. The molecule has 82 valence electrons. The Hall–Kier alpha value is -0.790. The number of aliphatic carboxylic acids is 1. The number of rotatable bonds is 6. The summed E-state index contributed by atoms with van der Waals surface area (Å²) >= 11 is 0. The van der Waals surface area contributed by atoms with Crippen LogP contribution in [0.1, 0.15) is 40.5 Å². The van der Waals surface area contributed by atoms with Crippen LogP contribution in [-0.2, 0) is 4.79 Å². The Morgan fingerprint density at radius 2 is 1.64 bits per heavy atom. The van der Waals surface area contributed by atoms with Crippen molar-refractivity contribution in [3.63, 3.8) is 0 Å². The molecule has 0 saturated carbocycles. The van der Waals surface area contributed by atoms with Crippen LogP contribution < -0.4 is 0 Å². The van der Waals surface area contributed by atoms with Gasteiger partial charge in [0.2, 0.25) is 0 Å². The van der Waals surface area contributed by atoms with E-state index >= 15 is 0 Å². The van der Waals surface area contributed by atoms with Crippen LogP contribution in [-0.4, -0.2) is 11.1 Å². The van der Waals surface area contributed by atoms with Crippen LogP contribution in [0, 0.1) is 17.8 Å². The van der Waals surface area contributed by atoms with E-state index in [1.807, 2.05) is 19.9 Å². The first-order valence-corrected chi connectivity index (χ1v) is 5.33. The van der Waals surface area contributed by atoms with Crippen molar-refractivity contribution in [2.24, 2.45) is 17.8 Å². The minimum absolute atomic E-state index is 0.205. The molecule has 2 nitrogen and oxygen atoms in total. The highest BCUT2D eigenvalue weighted by molar-refractivity contribution is 5.70. The Kier molecular flexibility index (Phi) is 6.26. The van der Waals surface area contributed by atoms with E-state index in [-0.39, 0.29) is 11.8 Å². The van der Waals surface area contributed by atoms with Gasteiger partial charge in [-0.1, -0.05) is 39.8 Å². The molecule has 0 aromatic heterocycles. The van der Waals surface area contributed by atoms with E-state index in [0.717, 1.165) is 6.42 Å². The smallest absolute Gasteiger partial charge is 0.307 e. The molecular weight excluding hydrogens is 176 g/mol. The Balaban J connectivity index is 3.94. The van der Waals surface area contributed by atoms with E-state index in [2.05, 4.69) is 19.9 Å². The summed E-state index contributed by atoms with van der Waals surface area (Å²) in [6.45, 7) is 8.22. The zero-order chi connectivity index (χ0) is 11.1. The second-order valence-electron chi connectivity index (χ2n) is 4.53. The first-order valence-electron chi connectivity index (χ1n) is 5.33. The van der Waals surface area contributed by atoms with Crippen molar-refractivity contribution in [2.75, 3.05) is 0 Å². The molecule has 2 heteroatoms. The third kappa shape index (κ3) is 5.79. The van der Waals surface area contributed by atoms with Crippen LogP contribution in [0.2, 0.25) is 0 Å². The monoisotopic (exact) mass is 198 g/mol. The molecular formula is C12H22O2. The molecule has 0 aromatic carbocycles. The normalized spacial score (nSPS) is 14.1. The Bertz CT molecular complexity index is 192. The summed E-state index contributed by atoms with van der Waals surface area (Å²) < 4.78 is 0. The third-order valence-corrected chi connectivity index (χ3v) is 2.29. The quantitative estimate of drug-likeness (QED) is 0.665. The fourth-order valence-electron chi connectivity index (χ4n) is 1.27. The SMILES string of the molecule is CC(C)C/C=C/CC(C(=O)O)C(C)C. The molecule has 0 saturated heterocycles. The minimum atomic E-state index is -0.686. The summed E-state index contributed by atoms with van der Waals surface area (Å²) in [6.07, 6.45) is 5.77. The highest BCUT2D eigenvalue weighted by Crippen LogP contribution is 2.16. The number of carbonyl (C=O) groups is 1. The van der Waals surface area contributed by atoms with Gasteiger partial charge >= 0.3 is 5.97 Å². The summed E-state index contributed by atoms with van der Waals surface area (Å²) in [4.78, 5) is 10.8. The molecule has 0 aromatic rings. The van der Waals surface area contributed by atoms with E-state index in [0.29, 0.717) is 12.3 Å². The minimum Gasteiger partial charge on any atom is -0.481 e.